The van der Waals surface area contributed by atoms with E-state index in [1.54, 1.807) is 6.92 Å². The molecule has 1 spiro atoms. The Morgan fingerprint density at radius 1 is 1.25 bits per heavy atom. The van der Waals surface area contributed by atoms with Crippen LogP contribution in [0, 0.1) is 0 Å². The summed E-state index contributed by atoms with van der Waals surface area (Å²) in [7, 11) is 1.36. The van der Waals surface area contributed by atoms with Crippen LogP contribution in [-0.2, 0) is 16.1 Å². The highest BCUT2D eigenvalue weighted by atomic mass is 16.5. The van der Waals surface area contributed by atoms with Crippen molar-refractivity contribution in [1.29, 1.82) is 0 Å². The third kappa shape index (κ3) is 3.20. The molecule has 3 rings (SSSR count). The topological polar surface area (TPSA) is 63.0 Å². The van der Waals surface area contributed by atoms with Gasteiger partial charge in [0.25, 0.3) is 0 Å². The summed E-state index contributed by atoms with van der Waals surface area (Å²) in [5.74, 6) is 0.0176. The predicted octanol–water partition coefficient (Wildman–Crippen LogP) is 2.43. The molecule has 2 aliphatic rings. The Morgan fingerprint density at radius 2 is 2.00 bits per heavy atom. The number of amides is 1. The third-order valence-electron chi connectivity index (χ3n) is 5.41. The zero-order chi connectivity index (χ0) is 17.2. The summed E-state index contributed by atoms with van der Waals surface area (Å²) in [5, 5.41) is 0. The first kappa shape index (κ1) is 17.0. The number of hydrogen-bond donors (Lipinski definition) is 0. The van der Waals surface area contributed by atoms with Crippen LogP contribution in [-0.4, -0.2) is 54.0 Å². The summed E-state index contributed by atoms with van der Waals surface area (Å²) in [4.78, 5) is 28.3. The van der Waals surface area contributed by atoms with Crippen molar-refractivity contribution < 1.29 is 18.7 Å². The van der Waals surface area contributed by atoms with Crippen LogP contribution in [0.5, 0.6) is 0 Å². The van der Waals surface area contributed by atoms with E-state index in [9.17, 15) is 9.59 Å². The summed E-state index contributed by atoms with van der Waals surface area (Å²) in [6.45, 7) is 4.75. The minimum Gasteiger partial charge on any atom is -0.463 e. The van der Waals surface area contributed by atoms with Crippen molar-refractivity contribution in [2.24, 2.45) is 0 Å². The van der Waals surface area contributed by atoms with E-state index < -0.39 is 5.97 Å². The van der Waals surface area contributed by atoms with Gasteiger partial charge in [-0.25, -0.2) is 4.79 Å². The van der Waals surface area contributed by atoms with Gasteiger partial charge in [0.2, 0.25) is 11.7 Å². The number of piperazine rings is 1. The number of rotatable bonds is 3. The van der Waals surface area contributed by atoms with Crippen LogP contribution >= 0.6 is 0 Å². The molecule has 0 bridgehead atoms. The van der Waals surface area contributed by atoms with Gasteiger partial charge in [0.05, 0.1) is 18.9 Å². The van der Waals surface area contributed by atoms with Crippen LogP contribution < -0.4 is 0 Å². The summed E-state index contributed by atoms with van der Waals surface area (Å²) in [6.07, 6.45) is 7.27. The zero-order valence-corrected chi connectivity index (χ0v) is 14.5. The number of ether oxygens (including phenoxy) is 1. The first-order valence-corrected chi connectivity index (χ1v) is 8.71. The number of esters is 1. The first-order chi connectivity index (χ1) is 11.6. The molecule has 24 heavy (non-hydrogen) atoms. The van der Waals surface area contributed by atoms with Crippen molar-refractivity contribution in [2.45, 2.75) is 51.1 Å². The highest BCUT2D eigenvalue weighted by Crippen LogP contribution is 2.37. The fraction of sp³-hybridized carbons (Fsp3) is 0.667. The molecule has 1 aromatic heterocycles. The fourth-order valence-corrected chi connectivity index (χ4v) is 4.30. The number of hydrogen-bond acceptors (Lipinski definition) is 5. The normalized spacial score (nSPS) is 21.0. The van der Waals surface area contributed by atoms with Gasteiger partial charge in [0, 0.05) is 38.7 Å². The predicted molar refractivity (Wildman–Crippen MR) is 88.5 cm³/mol. The van der Waals surface area contributed by atoms with Crippen molar-refractivity contribution in [3.63, 3.8) is 0 Å². The van der Waals surface area contributed by atoms with Crippen molar-refractivity contribution in [3.05, 3.63) is 23.7 Å². The maximum absolute atomic E-state index is 12.1. The second-order valence-electron chi connectivity index (χ2n) is 6.93. The smallest absolute Gasteiger partial charge is 0.374 e. The third-order valence-corrected chi connectivity index (χ3v) is 5.41. The number of nitrogens with zero attached hydrogens (tertiary/aromatic N) is 2. The van der Waals surface area contributed by atoms with E-state index in [1.807, 2.05) is 6.07 Å². The van der Waals surface area contributed by atoms with E-state index in [-0.39, 0.29) is 17.2 Å². The molecule has 1 saturated heterocycles. The highest BCUT2D eigenvalue weighted by Gasteiger charge is 2.43. The molecule has 1 saturated carbocycles. The molecule has 0 unspecified atom stereocenters. The lowest BCUT2D eigenvalue weighted by Crippen LogP contribution is -2.63. The SMILES string of the molecule is COC(=O)c1occc1CN1CCN(C(C)=O)C2(CCCCC2)C1. The van der Waals surface area contributed by atoms with Gasteiger partial charge in [-0.3, -0.25) is 9.69 Å². The van der Waals surface area contributed by atoms with E-state index in [2.05, 4.69) is 9.80 Å². The first-order valence-electron chi connectivity index (χ1n) is 8.71. The van der Waals surface area contributed by atoms with Crippen molar-refractivity contribution in [2.75, 3.05) is 26.7 Å². The lowest BCUT2D eigenvalue weighted by molar-refractivity contribution is -0.142. The Labute approximate surface area is 142 Å². The summed E-state index contributed by atoms with van der Waals surface area (Å²) < 4.78 is 10.1. The lowest BCUT2D eigenvalue weighted by atomic mass is 9.78. The maximum Gasteiger partial charge on any atom is 0.374 e. The molecule has 6 nitrogen and oxygen atoms in total. The number of carbonyl (C=O) groups is 2. The van der Waals surface area contributed by atoms with E-state index in [4.69, 9.17) is 9.15 Å². The van der Waals surface area contributed by atoms with Gasteiger partial charge >= 0.3 is 5.97 Å². The number of methoxy groups -OCH3 is 1. The van der Waals surface area contributed by atoms with Crippen LogP contribution in [0.3, 0.4) is 0 Å². The molecular weight excluding hydrogens is 308 g/mol. The van der Waals surface area contributed by atoms with Crippen molar-refractivity contribution >= 4 is 11.9 Å². The highest BCUT2D eigenvalue weighted by molar-refractivity contribution is 5.87. The average Bonchev–Trinajstić information content (AvgIpc) is 3.02. The van der Waals surface area contributed by atoms with E-state index in [0.717, 1.165) is 38.0 Å². The van der Waals surface area contributed by atoms with Crippen LogP contribution in [0.25, 0.3) is 0 Å². The monoisotopic (exact) mass is 334 g/mol. The molecule has 132 valence electrons. The van der Waals surface area contributed by atoms with Gasteiger partial charge < -0.3 is 14.1 Å². The van der Waals surface area contributed by atoms with E-state index >= 15 is 0 Å². The fourth-order valence-electron chi connectivity index (χ4n) is 4.30. The minimum absolute atomic E-state index is 0.0441. The summed E-state index contributed by atoms with van der Waals surface area (Å²) >= 11 is 0. The van der Waals surface area contributed by atoms with Gasteiger partial charge in [-0.1, -0.05) is 19.3 Å². The van der Waals surface area contributed by atoms with Crippen molar-refractivity contribution in [1.82, 2.24) is 9.80 Å². The Hall–Kier alpha value is -1.82. The second kappa shape index (κ2) is 6.97. The van der Waals surface area contributed by atoms with E-state index in [1.165, 1.54) is 32.6 Å². The largest absolute Gasteiger partial charge is 0.463 e. The quantitative estimate of drug-likeness (QED) is 0.795. The molecular formula is C18H26N2O4. The summed E-state index contributed by atoms with van der Waals surface area (Å²) in [6, 6.07) is 1.83. The average molecular weight is 334 g/mol. The molecule has 0 N–H and O–H groups in total. The Balaban J connectivity index is 1.75. The molecule has 2 fully saturated rings. The molecule has 1 amide bonds. The van der Waals surface area contributed by atoms with Gasteiger partial charge in [-0.15, -0.1) is 0 Å². The van der Waals surface area contributed by atoms with Crippen LogP contribution in [0.2, 0.25) is 0 Å². The second-order valence-corrected chi connectivity index (χ2v) is 6.93. The van der Waals surface area contributed by atoms with Crippen LogP contribution in [0.1, 0.15) is 55.1 Å². The van der Waals surface area contributed by atoms with Crippen LogP contribution in [0.4, 0.5) is 0 Å². The minimum atomic E-state index is -0.440. The Morgan fingerprint density at radius 3 is 2.67 bits per heavy atom. The molecule has 1 aliphatic heterocycles. The van der Waals surface area contributed by atoms with Crippen molar-refractivity contribution in [3.8, 4) is 0 Å². The standard InChI is InChI=1S/C18H26N2O4/c1-14(21)20-10-9-19(13-18(20)7-4-3-5-8-18)12-15-6-11-24-16(15)17(22)23-2/h6,11H,3-5,7-10,12-13H2,1-2H3. The number of furan rings is 1. The molecule has 0 radical (unpaired) electrons. The maximum atomic E-state index is 12.1. The molecule has 1 aliphatic carbocycles. The van der Waals surface area contributed by atoms with Gasteiger partial charge in [0.15, 0.2) is 0 Å². The molecule has 0 aromatic carbocycles. The number of carbonyl (C=O) groups excluding carboxylic acids is 2. The zero-order valence-electron chi connectivity index (χ0n) is 14.5. The lowest BCUT2D eigenvalue weighted by Gasteiger charge is -2.52. The molecule has 6 heteroatoms. The Kier molecular flexibility index (Phi) is 4.94. The summed E-state index contributed by atoms with van der Waals surface area (Å²) in [5.41, 5.74) is 0.807. The molecule has 0 atom stereocenters. The Bertz CT molecular complexity index is 604. The molecule has 1 aromatic rings. The van der Waals surface area contributed by atoms with Crippen LogP contribution in [0.15, 0.2) is 16.7 Å². The van der Waals surface area contributed by atoms with Gasteiger partial charge in [-0.2, -0.15) is 0 Å². The molecule has 2 heterocycles. The van der Waals surface area contributed by atoms with Gasteiger partial charge in [-0.05, 0) is 18.9 Å². The van der Waals surface area contributed by atoms with E-state index in [0.29, 0.717) is 6.54 Å². The van der Waals surface area contributed by atoms with Gasteiger partial charge in [0.1, 0.15) is 0 Å².